The molecule has 1 saturated heterocycles. The van der Waals surface area contributed by atoms with Crippen LogP contribution in [0.2, 0.25) is 0 Å². The molecule has 86 valence electrons. The molecule has 0 aromatic rings. The lowest BCUT2D eigenvalue weighted by Crippen LogP contribution is -2.44. The highest BCUT2D eigenvalue weighted by atomic mass is 15.1. The Morgan fingerprint density at radius 1 is 1.47 bits per heavy atom. The monoisotopic (exact) mass is 208 g/mol. The van der Waals surface area contributed by atoms with Crippen LogP contribution in [0.4, 0.5) is 0 Å². The van der Waals surface area contributed by atoms with Crippen molar-refractivity contribution in [3.8, 4) is 0 Å². The molecule has 0 bridgehead atoms. The Kier molecular flexibility index (Phi) is 4.21. The van der Waals surface area contributed by atoms with E-state index in [-0.39, 0.29) is 0 Å². The lowest BCUT2D eigenvalue weighted by molar-refractivity contribution is 0.228. The van der Waals surface area contributed by atoms with E-state index in [1.54, 1.807) is 5.57 Å². The molecule has 2 nitrogen and oxygen atoms in total. The first kappa shape index (κ1) is 11.2. The van der Waals surface area contributed by atoms with Crippen LogP contribution in [0.5, 0.6) is 0 Å². The Bertz CT molecular complexity index is 223. The van der Waals surface area contributed by atoms with Gasteiger partial charge in [0, 0.05) is 12.6 Å². The molecule has 1 aliphatic heterocycles. The maximum atomic E-state index is 3.70. The molecule has 2 heteroatoms. The fraction of sp³-hybridized carbons (Fsp3) is 0.846. The van der Waals surface area contributed by atoms with Crippen molar-refractivity contribution >= 4 is 0 Å². The van der Waals surface area contributed by atoms with Gasteiger partial charge in [0.1, 0.15) is 0 Å². The summed E-state index contributed by atoms with van der Waals surface area (Å²) in [5.41, 5.74) is 1.69. The molecule has 2 rings (SSSR count). The summed E-state index contributed by atoms with van der Waals surface area (Å²) in [7, 11) is 2.23. The van der Waals surface area contributed by atoms with Crippen molar-refractivity contribution in [2.75, 3.05) is 26.7 Å². The van der Waals surface area contributed by atoms with Crippen molar-refractivity contribution in [2.45, 2.75) is 44.6 Å². The van der Waals surface area contributed by atoms with E-state index in [1.165, 1.54) is 58.2 Å². The number of piperidine rings is 1. The zero-order valence-electron chi connectivity index (χ0n) is 9.97. The Balaban J connectivity index is 1.60. The van der Waals surface area contributed by atoms with E-state index in [9.17, 15) is 0 Å². The van der Waals surface area contributed by atoms with Crippen molar-refractivity contribution in [3.05, 3.63) is 11.6 Å². The first-order valence-corrected chi connectivity index (χ1v) is 6.44. The highest BCUT2D eigenvalue weighted by Gasteiger charge is 2.16. The maximum absolute atomic E-state index is 3.70. The van der Waals surface area contributed by atoms with Gasteiger partial charge < -0.3 is 10.2 Å². The molecule has 1 unspecified atom stereocenters. The summed E-state index contributed by atoms with van der Waals surface area (Å²) in [4.78, 5) is 2.44. The van der Waals surface area contributed by atoms with Crippen LogP contribution in [0.1, 0.15) is 38.5 Å². The molecule has 0 saturated carbocycles. The van der Waals surface area contributed by atoms with Gasteiger partial charge in [0.2, 0.25) is 0 Å². The molecule has 0 amide bonds. The first-order valence-electron chi connectivity index (χ1n) is 6.44. The van der Waals surface area contributed by atoms with Gasteiger partial charge in [-0.05, 0) is 58.7 Å². The SMILES string of the molecule is CN1CCCC(NCCC2=CCCC2)C1. The molecule has 1 heterocycles. The largest absolute Gasteiger partial charge is 0.312 e. The topological polar surface area (TPSA) is 15.3 Å². The normalized spacial score (nSPS) is 28.1. The minimum absolute atomic E-state index is 0.741. The molecule has 15 heavy (non-hydrogen) atoms. The third-order valence-electron chi connectivity index (χ3n) is 3.64. The number of hydrogen-bond acceptors (Lipinski definition) is 2. The highest BCUT2D eigenvalue weighted by molar-refractivity contribution is 5.07. The summed E-state index contributed by atoms with van der Waals surface area (Å²) in [5, 5.41) is 3.70. The van der Waals surface area contributed by atoms with Crippen LogP contribution >= 0.6 is 0 Å². The molecular weight excluding hydrogens is 184 g/mol. The fourth-order valence-corrected chi connectivity index (χ4v) is 2.73. The van der Waals surface area contributed by atoms with E-state index in [0.717, 1.165) is 6.04 Å². The molecule has 1 atom stereocenters. The van der Waals surface area contributed by atoms with Crippen molar-refractivity contribution in [1.82, 2.24) is 10.2 Å². The summed E-state index contributed by atoms with van der Waals surface area (Å²) >= 11 is 0. The van der Waals surface area contributed by atoms with E-state index in [2.05, 4.69) is 23.3 Å². The second-order valence-electron chi connectivity index (χ2n) is 5.06. The number of nitrogens with zero attached hydrogens (tertiary/aromatic N) is 1. The molecule has 2 aliphatic rings. The molecule has 0 aromatic heterocycles. The van der Waals surface area contributed by atoms with Gasteiger partial charge >= 0.3 is 0 Å². The molecule has 0 radical (unpaired) electrons. The highest BCUT2D eigenvalue weighted by Crippen LogP contribution is 2.20. The van der Waals surface area contributed by atoms with E-state index in [1.807, 2.05) is 0 Å². The number of allylic oxidation sites excluding steroid dienone is 1. The van der Waals surface area contributed by atoms with Crippen LogP contribution in [-0.2, 0) is 0 Å². The smallest absolute Gasteiger partial charge is 0.0195 e. The van der Waals surface area contributed by atoms with Gasteiger partial charge in [-0.3, -0.25) is 0 Å². The molecule has 0 spiro atoms. The van der Waals surface area contributed by atoms with Crippen LogP contribution in [-0.4, -0.2) is 37.6 Å². The summed E-state index contributed by atoms with van der Waals surface area (Å²) in [6.07, 6.45) is 10.5. The Morgan fingerprint density at radius 2 is 2.40 bits per heavy atom. The second-order valence-corrected chi connectivity index (χ2v) is 5.06. The van der Waals surface area contributed by atoms with Crippen molar-refractivity contribution in [1.29, 1.82) is 0 Å². The standard InChI is InChI=1S/C13H24N2/c1-15-10-4-7-13(11-15)14-9-8-12-5-2-3-6-12/h5,13-14H,2-4,6-11H2,1H3. The van der Waals surface area contributed by atoms with Crippen molar-refractivity contribution in [2.24, 2.45) is 0 Å². The minimum Gasteiger partial charge on any atom is -0.312 e. The first-order chi connectivity index (χ1) is 7.34. The Labute approximate surface area is 93.7 Å². The van der Waals surface area contributed by atoms with Crippen LogP contribution in [0.15, 0.2) is 11.6 Å². The predicted octanol–water partition coefficient (Wildman–Crippen LogP) is 2.17. The maximum Gasteiger partial charge on any atom is 0.0195 e. The summed E-state index contributed by atoms with van der Waals surface area (Å²) in [6.45, 7) is 3.70. The minimum atomic E-state index is 0.741. The van der Waals surface area contributed by atoms with E-state index in [4.69, 9.17) is 0 Å². The number of likely N-dealkylation sites (N-methyl/N-ethyl adjacent to an activating group) is 1. The van der Waals surface area contributed by atoms with E-state index >= 15 is 0 Å². The zero-order valence-corrected chi connectivity index (χ0v) is 9.97. The van der Waals surface area contributed by atoms with Crippen LogP contribution < -0.4 is 5.32 Å². The molecule has 0 aromatic carbocycles. The lowest BCUT2D eigenvalue weighted by atomic mass is 10.1. The summed E-state index contributed by atoms with van der Waals surface area (Å²) in [6, 6.07) is 0.741. The van der Waals surface area contributed by atoms with Gasteiger partial charge in [0.25, 0.3) is 0 Å². The van der Waals surface area contributed by atoms with E-state index in [0.29, 0.717) is 0 Å². The molecular formula is C13H24N2. The van der Waals surface area contributed by atoms with Gasteiger partial charge in [0.05, 0.1) is 0 Å². The van der Waals surface area contributed by atoms with Gasteiger partial charge in [-0.2, -0.15) is 0 Å². The second kappa shape index (κ2) is 5.66. The fourth-order valence-electron chi connectivity index (χ4n) is 2.73. The number of hydrogen-bond donors (Lipinski definition) is 1. The zero-order chi connectivity index (χ0) is 10.5. The molecule has 1 aliphatic carbocycles. The third kappa shape index (κ3) is 3.62. The number of nitrogens with one attached hydrogen (secondary N) is 1. The van der Waals surface area contributed by atoms with Gasteiger partial charge in [0.15, 0.2) is 0 Å². The Hall–Kier alpha value is -0.340. The third-order valence-corrected chi connectivity index (χ3v) is 3.64. The number of rotatable bonds is 4. The van der Waals surface area contributed by atoms with Crippen molar-refractivity contribution in [3.63, 3.8) is 0 Å². The molecule has 1 fully saturated rings. The van der Waals surface area contributed by atoms with Crippen LogP contribution in [0, 0.1) is 0 Å². The van der Waals surface area contributed by atoms with Gasteiger partial charge in [-0.1, -0.05) is 11.6 Å². The van der Waals surface area contributed by atoms with Gasteiger partial charge in [-0.25, -0.2) is 0 Å². The lowest BCUT2D eigenvalue weighted by Gasteiger charge is -2.30. The number of likely N-dealkylation sites (tertiary alicyclic amines) is 1. The van der Waals surface area contributed by atoms with Crippen molar-refractivity contribution < 1.29 is 0 Å². The van der Waals surface area contributed by atoms with Gasteiger partial charge in [-0.15, -0.1) is 0 Å². The van der Waals surface area contributed by atoms with Crippen LogP contribution in [0.3, 0.4) is 0 Å². The summed E-state index contributed by atoms with van der Waals surface area (Å²) in [5.74, 6) is 0. The quantitative estimate of drug-likeness (QED) is 0.712. The predicted molar refractivity (Wildman–Crippen MR) is 65.1 cm³/mol. The summed E-state index contributed by atoms with van der Waals surface area (Å²) < 4.78 is 0. The Morgan fingerprint density at radius 3 is 3.13 bits per heavy atom. The average molecular weight is 208 g/mol. The molecule has 1 N–H and O–H groups in total. The van der Waals surface area contributed by atoms with E-state index < -0.39 is 0 Å². The van der Waals surface area contributed by atoms with Crippen LogP contribution in [0.25, 0.3) is 0 Å². The average Bonchev–Trinajstić information content (AvgIpc) is 2.71.